The largest absolute Gasteiger partial charge is 0.508 e. The molecule has 6 N–H and O–H groups in total. The molecule has 66 heavy (non-hydrogen) atoms. The lowest BCUT2D eigenvalue weighted by atomic mass is 10.3. The highest BCUT2D eigenvalue weighted by atomic mass is 16.3. The number of allylic oxidation sites excluding steroid dienone is 3. The fourth-order valence-electron chi connectivity index (χ4n) is 2.57. The molecule has 0 radical (unpaired) electrons. The molecule has 0 aliphatic rings. The Morgan fingerprint density at radius 1 is 0.242 bits per heavy atom. The standard InChI is InChI=1S/6C6H6O.3C4H8.4C3H8/c6*7-6-4-2-1-3-5-6;3*1-3-4-2;4*1-3-2/h6*1-5,7H;3*3H,1,4H2,2H3;4*3H2,1-2H3. The molecule has 0 spiro atoms. The van der Waals surface area contributed by atoms with E-state index in [0.717, 1.165) is 19.3 Å². The Hall–Kier alpha value is -6.66. The molecule has 6 aromatic rings. The maximum absolute atomic E-state index is 8.63. The van der Waals surface area contributed by atoms with Crippen molar-refractivity contribution in [3.8, 4) is 34.5 Å². The highest BCUT2D eigenvalue weighted by Crippen LogP contribution is 2.06. The van der Waals surface area contributed by atoms with Crippen LogP contribution in [-0.4, -0.2) is 30.6 Å². The van der Waals surface area contributed by atoms with Gasteiger partial charge in [-0.2, -0.15) is 0 Å². The Balaban J connectivity index is -0.000000116. The molecule has 6 heteroatoms. The van der Waals surface area contributed by atoms with Gasteiger partial charge in [0, 0.05) is 0 Å². The molecule has 0 bridgehead atoms. The number of benzene rings is 6. The summed E-state index contributed by atoms with van der Waals surface area (Å²) in [5.74, 6) is 1.93. The highest BCUT2D eigenvalue weighted by Gasteiger charge is 1.78. The third-order valence-electron chi connectivity index (χ3n) is 5.40. The molecule has 0 saturated heterocycles. The minimum absolute atomic E-state index is 0.322. The van der Waals surface area contributed by atoms with Crippen LogP contribution in [0.1, 0.15) is 121 Å². The Morgan fingerprint density at radius 3 is 0.348 bits per heavy atom. The van der Waals surface area contributed by atoms with Gasteiger partial charge in [0.15, 0.2) is 0 Å². The van der Waals surface area contributed by atoms with Crippen molar-refractivity contribution in [2.45, 2.75) is 121 Å². The summed E-state index contributed by atoms with van der Waals surface area (Å²) in [6, 6.07) is 52.3. The second-order valence-electron chi connectivity index (χ2n) is 12.9. The summed E-state index contributed by atoms with van der Waals surface area (Å²) in [6.07, 6.45) is 13.9. The lowest BCUT2D eigenvalue weighted by molar-refractivity contribution is 0.475. The fraction of sp³-hybridized carbons (Fsp3) is 0.300. The number of phenolic OH excluding ortho intramolecular Hbond substituents is 6. The smallest absolute Gasteiger partial charge is 0.115 e. The predicted molar refractivity (Wildman–Crippen MR) is 294 cm³/mol. The summed E-state index contributed by atoms with van der Waals surface area (Å²) >= 11 is 0. The molecule has 0 unspecified atom stereocenters. The molecule has 0 amide bonds. The van der Waals surface area contributed by atoms with Crippen molar-refractivity contribution in [2.75, 3.05) is 0 Å². The molecule has 6 rings (SSSR count). The van der Waals surface area contributed by atoms with Crippen molar-refractivity contribution < 1.29 is 30.6 Å². The van der Waals surface area contributed by atoms with Crippen LogP contribution in [0.3, 0.4) is 0 Å². The Bertz CT molecular complexity index is 1330. The van der Waals surface area contributed by atoms with Gasteiger partial charge in [0.2, 0.25) is 0 Å². The predicted octanol–water partition coefficient (Wildman–Crippen LogP) is 18.8. The minimum Gasteiger partial charge on any atom is -0.508 e. The van der Waals surface area contributed by atoms with Crippen LogP contribution in [0, 0.1) is 0 Å². The van der Waals surface area contributed by atoms with E-state index in [4.69, 9.17) is 30.6 Å². The van der Waals surface area contributed by atoms with Crippen LogP contribution in [0.4, 0.5) is 0 Å². The quantitative estimate of drug-likeness (QED) is 0.0984. The second kappa shape index (κ2) is 72.8. The summed E-state index contributed by atoms with van der Waals surface area (Å²) in [4.78, 5) is 0. The van der Waals surface area contributed by atoms with E-state index in [1.54, 1.807) is 146 Å². The van der Waals surface area contributed by atoms with Gasteiger partial charge >= 0.3 is 0 Å². The third kappa shape index (κ3) is 92.6. The van der Waals surface area contributed by atoms with Crippen LogP contribution in [0.25, 0.3) is 0 Å². The van der Waals surface area contributed by atoms with Gasteiger partial charge < -0.3 is 30.6 Å². The maximum Gasteiger partial charge on any atom is 0.115 e. The molecule has 0 aromatic heterocycles. The number of para-hydroxylation sites is 6. The van der Waals surface area contributed by atoms with E-state index in [0.29, 0.717) is 34.5 Å². The zero-order valence-corrected chi connectivity index (χ0v) is 42.8. The zero-order chi connectivity index (χ0) is 51.7. The molecule has 0 atom stereocenters. The summed E-state index contributed by atoms with van der Waals surface area (Å²) in [5.41, 5.74) is 0. The molecular formula is C60H92O6. The number of aromatic hydroxyl groups is 6. The molecule has 0 heterocycles. The number of rotatable bonds is 3. The van der Waals surface area contributed by atoms with Gasteiger partial charge in [-0.25, -0.2) is 0 Å². The van der Waals surface area contributed by atoms with Gasteiger partial charge in [-0.1, -0.05) is 229 Å². The summed E-state index contributed by atoms with van der Waals surface area (Å²) in [6.45, 7) is 33.6. The van der Waals surface area contributed by atoms with Gasteiger partial charge in [-0.3, -0.25) is 0 Å². The Kier molecular flexibility index (Phi) is 81.3. The van der Waals surface area contributed by atoms with Gasteiger partial charge in [0.25, 0.3) is 0 Å². The number of hydrogen-bond donors (Lipinski definition) is 6. The van der Waals surface area contributed by atoms with Gasteiger partial charge in [0.05, 0.1) is 0 Å². The molecule has 0 saturated carbocycles. The summed E-state index contributed by atoms with van der Waals surface area (Å²) in [7, 11) is 0. The SMILES string of the molecule is C=CCC.C=CCC.C=CCC.CCC.CCC.CCC.CCC.Oc1ccccc1.Oc1ccccc1.Oc1ccccc1.Oc1ccccc1.Oc1ccccc1.Oc1ccccc1. The number of phenols is 6. The van der Waals surface area contributed by atoms with Crippen LogP contribution < -0.4 is 0 Å². The van der Waals surface area contributed by atoms with Crippen molar-refractivity contribution in [1.82, 2.24) is 0 Å². The van der Waals surface area contributed by atoms with E-state index >= 15 is 0 Å². The van der Waals surface area contributed by atoms with Gasteiger partial charge in [-0.15, -0.1) is 19.7 Å². The molecular weight excluding hydrogens is 817 g/mol. The lowest BCUT2D eigenvalue weighted by Crippen LogP contribution is -1.56. The Morgan fingerprint density at radius 2 is 0.318 bits per heavy atom. The average molecular weight is 909 g/mol. The van der Waals surface area contributed by atoms with Crippen LogP contribution in [0.15, 0.2) is 220 Å². The van der Waals surface area contributed by atoms with E-state index in [-0.39, 0.29) is 0 Å². The molecule has 0 aliphatic heterocycles. The first kappa shape index (κ1) is 73.7. The van der Waals surface area contributed by atoms with Gasteiger partial charge in [0.1, 0.15) is 34.5 Å². The van der Waals surface area contributed by atoms with Crippen molar-refractivity contribution in [2.24, 2.45) is 0 Å². The topological polar surface area (TPSA) is 121 Å². The first-order chi connectivity index (χ1) is 31.8. The first-order valence-electron chi connectivity index (χ1n) is 23.0. The van der Waals surface area contributed by atoms with Crippen LogP contribution in [0.2, 0.25) is 0 Å². The van der Waals surface area contributed by atoms with Crippen molar-refractivity contribution in [1.29, 1.82) is 0 Å². The van der Waals surface area contributed by atoms with Crippen molar-refractivity contribution in [3.05, 3.63) is 220 Å². The first-order valence-corrected chi connectivity index (χ1v) is 23.0. The maximum atomic E-state index is 8.63. The van der Waals surface area contributed by atoms with Crippen molar-refractivity contribution in [3.63, 3.8) is 0 Å². The number of hydrogen-bond acceptors (Lipinski definition) is 6. The highest BCUT2D eigenvalue weighted by molar-refractivity contribution is 5.21. The normalized spacial score (nSPS) is 7.68. The molecule has 368 valence electrons. The average Bonchev–Trinajstić information content (AvgIpc) is 3.33. The minimum atomic E-state index is 0.322. The van der Waals surface area contributed by atoms with E-state index in [9.17, 15) is 0 Å². The van der Waals surface area contributed by atoms with Crippen LogP contribution in [0.5, 0.6) is 34.5 Å². The molecule has 6 nitrogen and oxygen atoms in total. The fourth-order valence-corrected chi connectivity index (χ4v) is 2.57. The van der Waals surface area contributed by atoms with Crippen LogP contribution >= 0.6 is 0 Å². The lowest BCUT2D eigenvalue weighted by Gasteiger charge is -1.82. The van der Waals surface area contributed by atoms with Crippen LogP contribution in [-0.2, 0) is 0 Å². The van der Waals surface area contributed by atoms with Gasteiger partial charge in [-0.05, 0) is 92.1 Å². The van der Waals surface area contributed by atoms with E-state index in [1.165, 1.54) is 25.7 Å². The van der Waals surface area contributed by atoms with E-state index in [1.807, 2.05) is 54.6 Å². The van der Waals surface area contributed by atoms with Crippen molar-refractivity contribution >= 4 is 0 Å². The Labute approximate surface area is 404 Å². The molecule has 0 aliphatic carbocycles. The summed E-state index contributed by atoms with van der Waals surface area (Å²) in [5, 5.41) is 51.8. The monoisotopic (exact) mass is 909 g/mol. The summed E-state index contributed by atoms with van der Waals surface area (Å²) < 4.78 is 0. The zero-order valence-electron chi connectivity index (χ0n) is 42.8. The molecule has 0 fully saturated rings. The van der Waals surface area contributed by atoms with E-state index < -0.39 is 0 Å². The van der Waals surface area contributed by atoms with E-state index in [2.05, 4.69) is 95.9 Å². The molecule has 6 aromatic carbocycles. The third-order valence-corrected chi connectivity index (χ3v) is 5.40. The second-order valence-corrected chi connectivity index (χ2v) is 12.9.